The van der Waals surface area contributed by atoms with E-state index >= 15 is 0 Å². The van der Waals surface area contributed by atoms with Gasteiger partial charge in [0.05, 0.1) is 28.4 Å². The molecular formula is C84H50B2N2O2S2. The smallest absolute Gasteiger partial charge is 0.247 e. The maximum Gasteiger partial charge on any atom is 0.247 e. The highest BCUT2D eigenvalue weighted by Gasteiger charge is 2.48. The number of ether oxygens (including phenoxy) is 2. The molecule has 14 aromatic rings. The zero-order valence-electron chi connectivity index (χ0n) is 49.5. The van der Waals surface area contributed by atoms with E-state index in [0.29, 0.717) is 0 Å². The van der Waals surface area contributed by atoms with Crippen molar-refractivity contribution < 1.29 is 9.47 Å². The summed E-state index contributed by atoms with van der Waals surface area (Å²) < 4.78 is 14.5. The van der Waals surface area contributed by atoms with E-state index in [0.717, 1.165) is 84.6 Å². The highest BCUT2D eigenvalue weighted by atomic mass is 32.2. The zero-order chi connectivity index (χ0) is 60.1. The lowest BCUT2D eigenvalue weighted by Crippen LogP contribution is -2.58. The molecule has 0 spiro atoms. The van der Waals surface area contributed by atoms with Crippen LogP contribution >= 0.6 is 23.5 Å². The molecule has 0 atom stereocenters. The van der Waals surface area contributed by atoms with E-state index in [-0.39, 0.29) is 13.4 Å². The summed E-state index contributed by atoms with van der Waals surface area (Å²) in [4.78, 5) is 10.2. The van der Waals surface area contributed by atoms with Crippen LogP contribution in [0.5, 0.6) is 23.0 Å². The van der Waals surface area contributed by atoms with Crippen molar-refractivity contribution in [2.24, 2.45) is 0 Å². The Morgan fingerprint density at radius 3 is 0.837 bits per heavy atom. The van der Waals surface area contributed by atoms with Crippen LogP contribution in [-0.2, 0) is 0 Å². The van der Waals surface area contributed by atoms with Crippen LogP contribution in [0, 0.1) is 0 Å². The molecular weight excluding hydrogens is 1150 g/mol. The highest BCUT2D eigenvalue weighted by Crippen LogP contribution is 2.64. The van der Waals surface area contributed by atoms with Gasteiger partial charge in [0.15, 0.2) is 23.0 Å². The lowest BCUT2D eigenvalue weighted by molar-refractivity contribution is 0.447. The van der Waals surface area contributed by atoms with Crippen molar-refractivity contribution in [3.8, 4) is 101 Å². The van der Waals surface area contributed by atoms with Crippen LogP contribution in [-0.4, -0.2) is 13.4 Å². The van der Waals surface area contributed by atoms with Crippen LogP contribution in [0.4, 0.5) is 34.1 Å². The molecule has 0 N–H and O–H groups in total. The Kier molecular flexibility index (Phi) is 11.5. The standard InChI is InChI=1S/C84H50B2N2O2S2/c1-7-19-51(20-8-1)59-39-67-79-71(43-59)89-73-45-63(46-74-83(73)87(79)80-68(85(67)65-29-17-6-18-30-65)40-60(44-72(80)90-74)52-21-9-2-10-22-52)58-33-31-56(32-34-58)57-35-37-66(38-36-57)86-69-41-61(53-23-11-3-12-24-53)47-75-81(69)88-82-70(86)42-62(54-25-13-4-14-26-54)48-76(82)92-78-50-64(49-77(91-75)84(78)88)55-27-15-5-16-28-55/h1-50H. The first kappa shape index (κ1) is 51.9. The third-order valence-electron chi connectivity index (χ3n) is 19.4. The molecule has 14 aromatic carbocycles. The normalized spacial score (nSPS) is 13.4. The van der Waals surface area contributed by atoms with Gasteiger partial charge in [0.25, 0.3) is 0 Å². The summed E-state index contributed by atoms with van der Waals surface area (Å²) in [7, 11) is 0. The van der Waals surface area contributed by atoms with Crippen LogP contribution in [0.3, 0.4) is 0 Å². The Labute approximate surface area is 543 Å². The summed E-state index contributed by atoms with van der Waals surface area (Å²) in [6, 6.07) is 112. The van der Waals surface area contributed by atoms with E-state index in [1.54, 1.807) is 0 Å². The fraction of sp³-hybridized carbons (Fsp3) is 0. The largest absolute Gasteiger partial charge is 0.453 e. The summed E-state index contributed by atoms with van der Waals surface area (Å²) >= 11 is 3.84. The van der Waals surface area contributed by atoms with Crippen LogP contribution < -0.4 is 52.1 Å². The third-order valence-corrected chi connectivity index (χ3v) is 21.6. The maximum absolute atomic E-state index is 7.25. The molecule has 4 nitrogen and oxygen atoms in total. The summed E-state index contributed by atoms with van der Waals surface area (Å²) in [5.74, 6) is 3.18. The van der Waals surface area contributed by atoms with Gasteiger partial charge >= 0.3 is 0 Å². The second-order valence-corrected chi connectivity index (χ2v) is 26.8. The van der Waals surface area contributed by atoms with Crippen LogP contribution in [0.1, 0.15) is 0 Å². The molecule has 0 amide bonds. The minimum absolute atomic E-state index is 0.0398. The van der Waals surface area contributed by atoms with Gasteiger partial charge in [-0.1, -0.05) is 289 Å². The van der Waals surface area contributed by atoms with Crippen molar-refractivity contribution in [3.05, 3.63) is 303 Å². The topological polar surface area (TPSA) is 24.9 Å². The molecule has 0 unspecified atom stereocenters. The quantitative estimate of drug-likeness (QED) is 0.134. The lowest BCUT2D eigenvalue weighted by Gasteiger charge is -2.45. The third kappa shape index (κ3) is 8.03. The van der Waals surface area contributed by atoms with Gasteiger partial charge < -0.3 is 14.4 Å². The molecule has 8 heteroatoms. The monoisotopic (exact) mass is 1200 g/mol. The molecule has 0 saturated carbocycles. The van der Waals surface area contributed by atoms with E-state index in [2.05, 4.69) is 313 Å². The SMILES string of the molecule is c1ccc(B2c3cc(-c4ccccc4)cc4c3N3c5c(cc(-c6ccc(-c7ccc(B8c9cc(-c%10ccccc%10)cc%10c9N9c%11c(cc(-c%12ccccc%12)cc%11Sc%11cc(-c%12ccccc%12)cc8c%119)S%10)cc7)cc6)cc5Oc5cc(-c6ccccc6)cc2c53)O4)cc1. The van der Waals surface area contributed by atoms with Crippen molar-refractivity contribution in [3.63, 3.8) is 0 Å². The predicted octanol–water partition coefficient (Wildman–Crippen LogP) is 19.1. The molecule has 0 aromatic heterocycles. The molecule has 0 radical (unpaired) electrons. The molecule has 0 aliphatic carbocycles. The Morgan fingerprint density at radius 1 is 0.207 bits per heavy atom. The number of hydrogen-bond acceptors (Lipinski definition) is 6. The van der Waals surface area contributed by atoms with Crippen LogP contribution in [0.25, 0.3) is 77.9 Å². The Bertz CT molecular complexity index is 5140. The summed E-state index contributed by atoms with van der Waals surface area (Å²) in [5.41, 5.74) is 30.7. The number of anilines is 6. The van der Waals surface area contributed by atoms with Gasteiger partial charge in [0, 0.05) is 19.6 Å². The van der Waals surface area contributed by atoms with Gasteiger partial charge in [-0.25, -0.2) is 0 Å². The fourth-order valence-corrected chi connectivity index (χ4v) is 17.8. The number of benzene rings is 14. The van der Waals surface area contributed by atoms with Gasteiger partial charge in [-0.15, -0.1) is 0 Å². The van der Waals surface area contributed by atoms with Gasteiger partial charge in [-0.05, 0) is 148 Å². The minimum atomic E-state index is -0.0784. The van der Waals surface area contributed by atoms with Gasteiger partial charge in [0.1, 0.15) is 5.69 Å². The predicted molar refractivity (Wildman–Crippen MR) is 384 cm³/mol. The van der Waals surface area contributed by atoms with E-state index < -0.39 is 0 Å². The molecule has 0 saturated heterocycles. The molecule has 0 fully saturated rings. The average Bonchev–Trinajstić information content (AvgIpc) is 0.697. The maximum atomic E-state index is 7.25. The molecule has 0 bridgehead atoms. The summed E-state index contributed by atoms with van der Waals surface area (Å²) in [6.45, 7) is -0.118. The zero-order valence-corrected chi connectivity index (χ0v) is 51.2. The molecule has 6 aliphatic rings. The van der Waals surface area contributed by atoms with Gasteiger partial charge in [-0.2, -0.15) is 0 Å². The first-order valence-electron chi connectivity index (χ1n) is 31.5. The highest BCUT2D eigenvalue weighted by molar-refractivity contribution is 8.00. The van der Waals surface area contributed by atoms with Crippen LogP contribution in [0.2, 0.25) is 0 Å². The molecule has 20 rings (SSSR count). The van der Waals surface area contributed by atoms with Crippen LogP contribution in [0.15, 0.2) is 323 Å². The van der Waals surface area contributed by atoms with E-state index in [1.165, 1.54) is 103 Å². The second kappa shape index (κ2) is 20.3. The average molecular weight is 1210 g/mol. The molecule has 6 heterocycles. The summed E-state index contributed by atoms with van der Waals surface area (Å²) in [5, 5.41) is 0. The molecule has 6 aliphatic heterocycles. The first-order valence-corrected chi connectivity index (χ1v) is 33.1. The fourth-order valence-electron chi connectivity index (χ4n) is 15.3. The number of hydrogen-bond donors (Lipinski definition) is 0. The number of nitrogens with zero attached hydrogens (tertiary/aromatic N) is 2. The molecule has 426 valence electrons. The van der Waals surface area contributed by atoms with Crippen molar-refractivity contribution in [1.29, 1.82) is 0 Å². The Morgan fingerprint density at radius 2 is 0.457 bits per heavy atom. The van der Waals surface area contributed by atoms with Gasteiger partial charge in [-0.3, -0.25) is 4.90 Å². The summed E-state index contributed by atoms with van der Waals surface area (Å²) in [6.07, 6.45) is 0. The Hall–Kier alpha value is -10.9. The molecule has 92 heavy (non-hydrogen) atoms. The van der Waals surface area contributed by atoms with Gasteiger partial charge in [0.2, 0.25) is 13.4 Å². The van der Waals surface area contributed by atoms with Crippen molar-refractivity contribution in [2.75, 3.05) is 9.80 Å². The second-order valence-electron chi connectivity index (χ2n) is 24.7. The number of rotatable bonds is 9. The lowest BCUT2D eigenvalue weighted by atomic mass is 9.34. The van der Waals surface area contributed by atoms with Crippen molar-refractivity contribution >= 4 is 104 Å². The van der Waals surface area contributed by atoms with E-state index in [9.17, 15) is 0 Å². The van der Waals surface area contributed by atoms with Crippen molar-refractivity contribution in [2.45, 2.75) is 19.6 Å². The van der Waals surface area contributed by atoms with E-state index in [1.807, 2.05) is 23.5 Å². The van der Waals surface area contributed by atoms with Crippen molar-refractivity contribution in [1.82, 2.24) is 0 Å². The Balaban J connectivity index is 0.696. The first-order chi connectivity index (χ1) is 45.6. The van der Waals surface area contributed by atoms with E-state index in [4.69, 9.17) is 9.47 Å². The minimum Gasteiger partial charge on any atom is -0.453 e.